The first kappa shape index (κ1) is 15.6. The molecule has 0 radical (unpaired) electrons. The lowest BCUT2D eigenvalue weighted by molar-refractivity contribution is -0.132. The lowest BCUT2D eigenvalue weighted by Crippen LogP contribution is -2.49. The predicted octanol–water partition coefficient (Wildman–Crippen LogP) is -1.07. The van der Waals surface area contributed by atoms with E-state index in [1.54, 1.807) is 0 Å². The lowest BCUT2D eigenvalue weighted by atomic mass is 10.3. The molecule has 0 aromatic heterocycles. The zero-order valence-electron chi connectivity index (χ0n) is 10.3. The summed E-state index contributed by atoms with van der Waals surface area (Å²) in [4.78, 5) is 45.1. The van der Waals surface area contributed by atoms with Crippen LogP contribution in [0.3, 0.4) is 0 Å². The monoisotopic (exact) mass is 257 g/mol. The quantitative estimate of drug-likeness (QED) is 0.554. The van der Waals surface area contributed by atoms with Crippen LogP contribution in [0.15, 0.2) is 12.2 Å². The maximum absolute atomic E-state index is 11.4. The molecule has 0 bridgehead atoms. The van der Waals surface area contributed by atoms with E-state index >= 15 is 0 Å². The number of amides is 4. The number of nitrogens with one attached hydrogen (secondary N) is 2. The lowest BCUT2D eigenvalue weighted by Gasteiger charge is -2.17. The van der Waals surface area contributed by atoms with Crippen LogP contribution < -0.4 is 10.6 Å². The maximum Gasteiger partial charge on any atom is 0.328 e. The molecule has 8 heteroatoms. The first-order chi connectivity index (χ1) is 8.23. The SMILES string of the molecule is CC(NC(=O)NC(=O)/C=C/C(=O)O)C(=O)N(C)C. The molecule has 0 aromatic rings. The van der Waals surface area contributed by atoms with Crippen LogP contribution in [0.4, 0.5) is 4.79 Å². The molecule has 0 fully saturated rings. The molecule has 0 rings (SSSR count). The largest absolute Gasteiger partial charge is 0.478 e. The molecule has 0 aliphatic carbocycles. The summed E-state index contributed by atoms with van der Waals surface area (Å²) in [6.07, 6.45) is 1.29. The number of carbonyl (C=O) groups excluding carboxylic acids is 3. The third-order valence-electron chi connectivity index (χ3n) is 1.77. The highest BCUT2D eigenvalue weighted by Crippen LogP contribution is 1.88. The summed E-state index contributed by atoms with van der Waals surface area (Å²) in [6.45, 7) is 1.46. The van der Waals surface area contributed by atoms with Crippen LogP contribution in [-0.2, 0) is 14.4 Å². The number of hydrogen-bond acceptors (Lipinski definition) is 4. The normalized spacial score (nSPS) is 11.7. The van der Waals surface area contributed by atoms with Crippen LogP contribution >= 0.6 is 0 Å². The van der Waals surface area contributed by atoms with Crippen molar-refractivity contribution in [2.24, 2.45) is 0 Å². The zero-order valence-corrected chi connectivity index (χ0v) is 10.3. The minimum absolute atomic E-state index is 0.335. The van der Waals surface area contributed by atoms with E-state index in [1.807, 2.05) is 5.32 Å². The highest BCUT2D eigenvalue weighted by Gasteiger charge is 2.17. The maximum atomic E-state index is 11.4. The molecule has 0 spiro atoms. The molecule has 3 N–H and O–H groups in total. The van der Waals surface area contributed by atoms with Crippen molar-refractivity contribution in [2.75, 3.05) is 14.1 Å². The molecule has 0 aliphatic heterocycles. The van der Waals surface area contributed by atoms with Crippen molar-refractivity contribution >= 4 is 23.8 Å². The van der Waals surface area contributed by atoms with Crippen molar-refractivity contribution < 1.29 is 24.3 Å². The van der Waals surface area contributed by atoms with Gasteiger partial charge in [0.25, 0.3) is 5.91 Å². The van der Waals surface area contributed by atoms with Gasteiger partial charge in [0.2, 0.25) is 5.91 Å². The summed E-state index contributed by atoms with van der Waals surface area (Å²) in [5.74, 6) is -2.53. The van der Waals surface area contributed by atoms with Gasteiger partial charge in [-0.05, 0) is 6.92 Å². The molecule has 0 aliphatic rings. The Hall–Kier alpha value is -2.38. The van der Waals surface area contributed by atoms with Gasteiger partial charge in [-0.15, -0.1) is 0 Å². The van der Waals surface area contributed by atoms with Crippen molar-refractivity contribution in [3.63, 3.8) is 0 Å². The van der Waals surface area contributed by atoms with Crippen molar-refractivity contribution in [2.45, 2.75) is 13.0 Å². The number of hydrogen-bond donors (Lipinski definition) is 3. The first-order valence-electron chi connectivity index (χ1n) is 4.97. The summed E-state index contributed by atoms with van der Waals surface area (Å²) >= 11 is 0. The van der Waals surface area contributed by atoms with Gasteiger partial charge in [-0.25, -0.2) is 9.59 Å². The summed E-state index contributed by atoms with van der Waals surface area (Å²) in [5.41, 5.74) is 0. The number of carboxylic acid groups (broad SMARTS) is 1. The Morgan fingerprint density at radius 3 is 2.17 bits per heavy atom. The average molecular weight is 257 g/mol. The Balaban J connectivity index is 4.24. The fourth-order valence-corrected chi connectivity index (χ4v) is 0.982. The predicted molar refractivity (Wildman–Crippen MR) is 61.6 cm³/mol. The second-order valence-corrected chi connectivity index (χ2v) is 3.59. The van der Waals surface area contributed by atoms with Gasteiger partial charge in [-0.3, -0.25) is 14.9 Å². The number of carboxylic acids is 1. The van der Waals surface area contributed by atoms with Gasteiger partial charge in [0.1, 0.15) is 6.04 Å². The standard InChI is InChI=1S/C10H15N3O5/c1-6(9(17)13(2)3)11-10(18)12-7(14)4-5-8(15)16/h4-6H,1-3H3,(H,15,16)(H2,11,12,14,18)/b5-4+. The molecule has 0 aromatic carbocycles. The molecule has 0 saturated carbocycles. The minimum Gasteiger partial charge on any atom is -0.478 e. The summed E-state index contributed by atoms with van der Waals surface area (Å²) in [6, 6.07) is -1.67. The third kappa shape index (κ3) is 6.26. The van der Waals surface area contributed by atoms with E-state index in [9.17, 15) is 19.2 Å². The molecule has 0 heterocycles. The van der Waals surface area contributed by atoms with Crippen LogP contribution in [0.5, 0.6) is 0 Å². The Kier molecular flexibility index (Phi) is 6.11. The van der Waals surface area contributed by atoms with Gasteiger partial charge in [0, 0.05) is 26.2 Å². The van der Waals surface area contributed by atoms with Crippen LogP contribution in [0.25, 0.3) is 0 Å². The molecule has 1 unspecified atom stereocenters. The van der Waals surface area contributed by atoms with Crippen molar-refractivity contribution in [1.29, 1.82) is 0 Å². The third-order valence-corrected chi connectivity index (χ3v) is 1.77. The van der Waals surface area contributed by atoms with Gasteiger partial charge >= 0.3 is 12.0 Å². The fourth-order valence-electron chi connectivity index (χ4n) is 0.982. The van der Waals surface area contributed by atoms with Gasteiger partial charge in [0.05, 0.1) is 0 Å². The number of urea groups is 1. The van der Waals surface area contributed by atoms with E-state index in [0.29, 0.717) is 12.2 Å². The van der Waals surface area contributed by atoms with E-state index in [4.69, 9.17) is 5.11 Å². The van der Waals surface area contributed by atoms with Gasteiger partial charge in [-0.2, -0.15) is 0 Å². The molecular formula is C10H15N3O5. The van der Waals surface area contributed by atoms with Gasteiger partial charge in [0.15, 0.2) is 0 Å². The van der Waals surface area contributed by atoms with E-state index < -0.39 is 23.9 Å². The molecule has 18 heavy (non-hydrogen) atoms. The Morgan fingerprint density at radius 1 is 1.17 bits per heavy atom. The summed E-state index contributed by atoms with van der Waals surface area (Å²) < 4.78 is 0. The van der Waals surface area contributed by atoms with Crippen LogP contribution in [0, 0.1) is 0 Å². The van der Waals surface area contributed by atoms with E-state index in [-0.39, 0.29) is 5.91 Å². The summed E-state index contributed by atoms with van der Waals surface area (Å²) in [5, 5.41) is 12.3. The number of aliphatic carboxylic acids is 1. The fraction of sp³-hybridized carbons (Fsp3) is 0.400. The number of carbonyl (C=O) groups is 4. The molecule has 8 nitrogen and oxygen atoms in total. The number of nitrogens with zero attached hydrogens (tertiary/aromatic N) is 1. The summed E-state index contributed by atoms with van der Waals surface area (Å²) in [7, 11) is 3.05. The Bertz CT molecular complexity index is 389. The topological polar surface area (TPSA) is 116 Å². The van der Waals surface area contributed by atoms with Crippen molar-refractivity contribution in [1.82, 2.24) is 15.5 Å². The smallest absolute Gasteiger partial charge is 0.328 e. The molecule has 100 valence electrons. The minimum atomic E-state index is -1.30. The van der Waals surface area contributed by atoms with Crippen molar-refractivity contribution in [3.05, 3.63) is 12.2 Å². The number of rotatable bonds is 4. The molecule has 1 atom stereocenters. The molecular weight excluding hydrogens is 242 g/mol. The highest BCUT2D eigenvalue weighted by molar-refractivity contribution is 6.03. The highest BCUT2D eigenvalue weighted by atomic mass is 16.4. The van der Waals surface area contributed by atoms with Gasteiger partial charge < -0.3 is 15.3 Å². The first-order valence-corrected chi connectivity index (χ1v) is 4.97. The van der Waals surface area contributed by atoms with Crippen LogP contribution in [-0.4, -0.2) is 54.0 Å². The van der Waals surface area contributed by atoms with Crippen molar-refractivity contribution in [3.8, 4) is 0 Å². The Morgan fingerprint density at radius 2 is 1.72 bits per heavy atom. The van der Waals surface area contributed by atoms with E-state index in [2.05, 4.69) is 5.32 Å². The van der Waals surface area contributed by atoms with Crippen LogP contribution in [0.2, 0.25) is 0 Å². The second-order valence-electron chi connectivity index (χ2n) is 3.59. The molecule has 0 saturated heterocycles. The Labute approximate surface area is 104 Å². The number of imide groups is 1. The van der Waals surface area contributed by atoms with E-state index in [1.165, 1.54) is 25.9 Å². The average Bonchev–Trinajstić information content (AvgIpc) is 2.24. The van der Waals surface area contributed by atoms with Gasteiger partial charge in [-0.1, -0.05) is 0 Å². The van der Waals surface area contributed by atoms with E-state index in [0.717, 1.165) is 0 Å². The van der Waals surface area contributed by atoms with Crippen LogP contribution in [0.1, 0.15) is 6.92 Å². The second kappa shape index (κ2) is 7.05. The molecule has 4 amide bonds. The zero-order chi connectivity index (χ0) is 14.3. The number of likely N-dealkylation sites (N-methyl/N-ethyl adjacent to an activating group) is 1.